The lowest BCUT2D eigenvalue weighted by atomic mass is 10.2. The van der Waals surface area contributed by atoms with Gasteiger partial charge in [0.15, 0.2) is 5.88 Å². The minimum absolute atomic E-state index is 0.315. The lowest BCUT2D eigenvalue weighted by molar-refractivity contribution is 0.0954. The monoisotopic (exact) mass is 413 g/mol. The number of hydrogen-bond acceptors (Lipinski definition) is 5. The van der Waals surface area contributed by atoms with Crippen LogP contribution in [0.5, 0.6) is 5.75 Å². The van der Waals surface area contributed by atoms with E-state index in [-0.39, 0.29) is 5.91 Å². The van der Waals surface area contributed by atoms with Gasteiger partial charge in [0.2, 0.25) is 0 Å². The Morgan fingerprint density at radius 3 is 2.77 bits per heavy atom. The summed E-state index contributed by atoms with van der Waals surface area (Å²) in [4.78, 5) is 13.8. The topological polar surface area (TPSA) is 67.1 Å². The number of hydrogen-bond donors (Lipinski definition) is 1. The summed E-state index contributed by atoms with van der Waals surface area (Å²) in [5.41, 5.74) is 2.93. The number of methoxy groups -OCH3 is 1. The van der Waals surface area contributed by atoms with Crippen LogP contribution in [0.2, 0.25) is 0 Å². The number of anilines is 1. The molecule has 0 spiro atoms. The van der Waals surface area contributed by atoms with Crippen molar-refractivity contribution in [3.8, 4) is 5.75 Å². The van der Waals surface area contributed by atoms with Crippen molar-refractivity contribution in [2.75, 3.05) is 26.1 Å². The van der Waals surface area contributed by atoms with Gasteiger partial charge in [-0.25, -0.2) is 5.43 Å². The number of nitrogens with zero attached hydrogens (tertiary/aromatic N) is 2. The van der Waals surface area contributed by atoms with E-state index in [1.807, 2.05) is 31.1 Å². The van der Waals surface area contributed by atoms with Gasteiger partial charge in [0, 0.05) is 25.7 Å². The van der Waals surface area contributed by atoms with E-state index in [1.165, 1.54) is 6.21 Å². The molecule has 6 nitrogen and oxygen atoms in total. The quantitative estimate of drug-likeness (QED) is 0.465. The van der Waals surface area contributed by atoms with E-state index >= 15 is 0 Å². The molecule has 0 radical (unpaired) electrons. The van der Waals surface area contributed by atoms with E-state index in [4.69, 9.17) is 9.15 Å². The SMILES string of the molecule is COc1cc(C(=O)N/N=C/c2ccc(N(C)C)o2)ccc1I. The van der Waals surface area contributed by atoms with Crippen LogP contribution in [0.15, 0.2) is 39.9 Å². The summed E-state index contributed by atoms with van der Waals surface area (Å²) in [6.45, 7) is 0. The first-order chi connectivity index (χ1) is 10.5. The van der Waals surface area contributed by atoms with Crippen molar-refractivity contribution in [2.45, 2.75) is 0 Å². The number of nitrogens with one attached hydrogen (secondary N) is 1. The van der Waals surface area contributed by atoms with Gasteiger partial charge in [-0.3, -0.25) is 4.79 Å². The molecule has 1 heterocycles. The summed E-state index contributed by atoms with van der Waals surface area (Å²) >= 11 is 2.14. The van der Waals surface area contributed by atoms with Gasteiger partial charge in [-0.1, -0.05) is 0 Å². The van der Waals surface area contributed by atoms with Gasteiger partial charge in [0.25, 0.3) is 5.91 Å². The van der Waals surface area contributed by atoms with Crippen LogP contribution in [0.1, 0.15) is 16.1 Å². The minimum Gasteiger partial charge on any atom is -0.496 e. The normalized spacial score (nSPS) is 10.7. The van der Waals surface area contributed by atoms with Gasteiger partial charge in [0.1, 0.15) is 11.5 Å². The summed E-state index contributed by atoms with van der Waals surface area (Å²) in [7, 11) is 5.33. The zero-order valence-corrected chi connectivity index (χ0v) is 14.6. The summed E-state index contributed by atoms with van der Waals surface area (Å²) in [6.07, 6.45) is 1.45. The maximum atomic E-state index is 12.0. The van der Waals surface area contributed by atoms with E-state index in [0.29, 0.717) is 17.1 Å². The number of carbonyl (C=O) groups excluding carboxylic acids is 1. The van der Waals surface area contributed by atoms with Gasteiger partial charge in [-0.15, -0.1) is 0 Å². The second-order valence-corrected chi connectivity index (χ2v) is 5.78. The van der Waals surface area contributed by atoms with Crippen LogP contribution in [0.3, 0.4) is 0 Å². The molecule has 7 heteroatoms. The second kappa shape index (κ2) is 7.30. The van der Waals surface area contributed by atoms with Crippen LogP contribution in [-0.2, 0) is 0 Å². The Bertz CT molecular complexity index is 695. The standard InChI is InChI=1S/C15H16IN3O3/c1-19(2)14-7-5-11(22-14)9-17-18-15(20)10-4-6-12(16)13(8-10)21-3/h4-9H,1-3H3,(H,18,20)/b17-9+. The van der Waals surface area contributed by atoms with Gasteiger partial charge in [-0.05, 0) is 46.9 Å². The summed E-state index contributed by atoms with van der Waals surface area (Å²) in [5, 5.41) is 3.89. The molecule has 0 atom stereocenters. The molecule has 1 aromatic carbocycles. The molecule has 0 saturated heterocycles. The van der Waals surface area contributed by atoms with Crippen LogP contribution in [0, 0.1) is 3.57 Å². The molecule has 22 heavy (non-hydrogen) atoms. The second-order valence-electron chi connectivity index (χ2n) is 4.62. The molecule has 0 unspecified atom stereocenters. The first-order valence-electron chi connectivity index (χ1n) is 6.45. The van der Waals surface area contributed by atoms with E-state index in [1.54, 1.807) is 25.3 Å². The number of benzene rings is 1. The predicted octanol–water partition coefficient (Wildman–Crippen LogP) is 2.72. The third kappa shape index (κ3) is 4.00. The van der Waals surface area contributed by atoms with Gasteiger partial charge >= 0.3 is 0 Å². The Morgan fingerprint density at radius 1 is 1.36 bits per heavy atom. The van der Waals surface area contributed by atoms with Crippen molar-refractivity contribution in [2.24, 2.45) is 5.10 Å². The van der Waals surface area contributed by atoms with Crippen LogP contribution < -0.4 is 15.1 Å². The molecule has 116 valence electrons. The number of ether oxygens (including phenoxy) is 1. The van der Waals surface area contributed by atoms with Crippen molar-refractivity contribution in [1.29, 1.82) is 0 Å². The maximum absolute atomic E-state index is 12.0. The van der Waals surface area contributed by atoms with Crippen LogP contribution in [0.25, 0.3) is 0 Å². The zero-order valence-electron chi connectivity index (χ0n) is 12.5. The fourth-order valence-electron chi connectivity index (χ4n) is 1.67. The average molecular weight is 413 g/mol. The third-order valence-electron chi connectivity index (χ3n) is 2.82. The van der Waals surface area contributed by atoms with Crippen LogP contribution in [0.4, 0.5) is 5.88 Å². The summed E-state index contributed by atoms with van der Waals surface area (Å²) in [6, 6.07) is 8.80. The van der Waals surface area contributed by atoms with Crippen molar-refractivity contribution in [3.63, 3.8) is 0 Å². The number of furan rings is 1. The Morgan fingerprint density at radius 2 is 2.14 bits per heavy atom. The molecular formula is C15H16IN3O3. The Balaban J connectivity index is 2.01. The highest BCUT2D eigenvalue weighted by Gasteiger charge is 2.08. The minimum atomic E-state index is -0.315. The summed E-state index contributed by atoms with van der Waals surface area (Å²) in [5.74, 6) is 1.61. The van der Waals surface area contributed by atoms with E-state index in [9.17, 15) is 4.79 Å². The van der Waals surface area contributed by atoms with Crippen LogP contribution in [-0.4, -0.2) is 33.3 Å². The zero-order chi connectivity index (χ0) is 16.1. The molecule has 0 fully saturated rings. The third-order valence-corrected chi connectivity index (χ3v) is 3.72. The van der Waals surface area contributed by atoms with E-state index < -0.39 is 0 Å². The molecule has 0 aliphatic heterocycles. The Labute approximate surface area is 142 Å². The lowest BCUT2D eigenvalue weighted by Gasteiger charge is -2.06. The molecular weight excluding hydrogens is 397 g/mol. The van der Waals surface area contributed by atoms with Crippen molar-refractivity contribution in [1.82, 2.24) is 5.43 Å². The number of hydrazone groups is 1. The van der Waals surface area contributed by atoms with Crippen molar-refractivity contribution < 1.29 is 13.9 Å². The number of halogens is 1. The predicted molar refractivity (Wildman–Crippen MR) is 93.8 cm³/mol. The van der Waals surface area contributed by atoms with Gasteiger partial charge < -0.3 is 14.1 Å². The highest BCUT2D eigenvalue weighted by Crippen LogP contribution is 2.21. The molecule has 1 aromatic heterocycles. The number of rotatable bonds is 5. The molecule has 2 aromatic rings. The maximum Gasteiger partial charge on any atom is 0.271 e. The molecule has 0 bridgehead atoms. The molecule has 0 aliphatic rings. The number of carbonyl (C=O) groups is 1. The molecule has 1 N–H and O–H groups in total. The first-order valence-corrected chi connectivity index (χ1v) is 7.53. The van der Waals surface area contributed by atoms with Gasteiger partial charge in [-0.2, -0.15) is 5.10 Å². The average Bonchev–Trinajstić information content (AvgIpc) is 2.96. The molecule has 0 saturated carbocycles. The fraction of sp³-hybridized carbons (Fsp3) is 0.200. The lowest BCUT2D eigenvalue weighted by Crippen LogP contribution is -2.17. The van der Waals surface area contributed by atoms with Crippen molar-refractivity contribution in [3.05, 3.63) is 45.2 Å². The van der Waals surface area contributed by atoms with E-state index in [2.05, 4.69) is 33.1 Å². The van der Waals surface area contributed by atoms with E-state index in [0.717, 1.165) is 9.45 Å². The fourth-order valence-corrected chi connectivity index (χ4v) is 2.23. The largest absolute Gasteiger partial charge is 0.496 e. The number of amides is 1. The highest BCUT2D eigenvalue weighted by atomic mass is 127. The van der Waals surface area contributed by atoms with Gasteiger partial charge in [0.05, 0.1) is 16.9 Å². The molecule has 0 aliphatic carbocycles. The highest BCUT2D eigenvalue weighted by molar-refractivity contribution is 14.1. The Kier molecular flexibility index (Phi) is 5.42. The summed E-state index contributed by atoms with van der Waals surface area (Å²) < 4.78 is 11.6. The first kappa shape index (κ1) is 16.3. The smallest absolute Gasteiger partial charge is 0.271 e. The van der Waals surface area contributed by atoms with Crippen molar-refractivity contribution >= 4 is 40.6 Å². The van der Waals surface area contributed by atoms with Crippen LogP contribution >= 0.6 is 22.6 Å². The molecule has 1 amide bonds. The molecule has 2 rings (SSSR count). The Hall–Kier alpha value is -2.03.